The third kappa shape index (κ3) is 6.87. The standard InChI is InChI=1S/C54H41N5/c1-54(2)46-27-15-17-29-48(46)59(49-30-18-16-28-47(49)54)53-44(35-50-56-51(39-23-11-5-12-24-39)58-52(57-50)40-25-13-6-14-26-40)34-45(36-55-53)43-32-41(37-19-7-3-8-20-37)31-42(33-43)38-21-9-4-10-22-38/h3-34,36H,35H2,1-2H3. The number of nitrogens with zero attached hydrogens (tertiary/aromatic N) is 5. The summed E-state index contributed by atoms with van der Waals surface area (Å²) in [4.78, 5) is 23.1. The highest BCUT2D eigenvalue weighted by molar-refractivity contribution is 5.87. The molecular weight excluding hydrogens is 719 g/mol. The molecule has 7 aromatic carbocycles. The normalized spacial score (nSPS) is 12.7. The highest BCUT2D eigenvalue weighted by Crippen LogP contribution is 2.52. The fourth-order valence-corrected chi connectivity index (χ4v) is 8.38. The Morgan fingerprint density at radius 1 is 0.407 bits per heavy atom. The Bertz CT molecular complexity index is 2760. The van der Waals surface area contributed by atoms with Crippen LogP contribution in [0.25, 0.3) is 56.2 Å². The Morgan fingerprint density at radius 3 is 1.29 bits per heavy atom. The molecule has 59 heavy (non-hydrogen) atoms. The summed E-state index contributed by atoms with van der Waals surface area (Å²) < 4.78 is 0. The number of para-hydroxylation sites is 2. The van der Waals surface area contributed by atoms with Crippen molar-refractivity contribution in [2.24, 2.45) is 0 Å². The lowest BCUT2D eigenvalue weighted by Gasteiger charge is -2.42. The van der Waals surface area contributed by atoms with Crippen molar-refractivity contribution in [3.8, 4) is 56.2 Å². The molecule has 0 radical (unpaired) electrons. The summed E-state index contributed by atoms with van der Waals surface area (Å²) in [7, 11) is 0. The molecule has 2 aromatic heterocycles. The van der Waals surface area contributed by atoms with Crippen molar-refractivity contribution in [3.05, 3.63) is 223 Å². The van der Waals surface area contributed by atoms with Gasteiger partial charge in [-0.2, -0.15) is 0 Å². The second kappa shape index (κ2) is 15.1. The first-order chi connectivity index (χ1) is 29.0. The highest BCUT2D eigenvalue weighted by atomic mass is 15.2. The van der Waals surface area contributed by atoms with Gasteiger partial charge in [-0.15, -0.1) is 0 Å². The van der Waals surface area contributed by atoms with Gasteiger partial charge in [0.15, 0.2) is 11.6 Å². The fourth-order valence-electron chi connectivity index (χ4n) is 8.38. The molecule has 9 aromatic rings. The highest BCUT2D eigenvalue weighted by Gasteiger charge is 2.37. The van der Waals surface area contributed by atoms with Crippen LogP contribution in [0, 0.1) is 0 Å². The first-order valence-corrected chi connectivity index (χ1v) is 20.1. The first-order valence-electron chi connectivity index (χ1n) is 20.1. The second-order valence-electron chi connectivity index (χ2n) is 15.5. The topological polar surface area (TPSA) is 54.8 Å². The van der Waals surface area contributed by atoms with E-state index in [9.17, 15) is 0 Å². The maximum absolute atomic E-state index is 5.44. The zero-order valence-corrected chi connectivity index (χ0v) is 33.0. The summed E-state index contributed by atoms with van der Waals surface area (Å²) in [6, 6.07) is 68.0. The Hall–Kier alpha value is -7.50. The minimum Gasteiger partial charge on any atom is -0.294 e. The fraction of sp³-hybridized carbons (Fsp3) is 0.0741. The van der Waals surface area contributed by atoms with Crippen LogP contribution in [0.2, 0.25) is 0 Å². The van der Waals surface area contributed by atoms with Gasteiger partial charge in [0, 0.05) is 40.3 Å². The van der Waals surface area contributed by atoms with Crippen LogP contribution < -0.4 is 4.90 Å². The Kier molecular flexibility index (Phi) is 9.19. The predicted octanol–water partition coefficient (Wildman–Crippen LogP) is 13.3. The van der Waals surface area contributed by atoms with Crippen molar-refractivity contribution in [1.29, 1.82) is 0 Å². The summed E-state index contributed by atoms with van der Waals surface area (Å²) in [6.45, 7) is 4.62. The SMILES string of the molecule is CC1(C)c2ccccc2N(c2ncc(-c3cc(-c4ccccc4)cc(-c4ccccc4)c3)cc2Cc2nc(-c3ccccc3)nc(-c3ccccc3)n2)c2ccccc21. The molecule has 282 valence electrons. The van der Waals surface area contributed by atoms with E-state index < -0.39 is 0 Å². The Labute approximate surface area is 345 Å². The molecule has 1 aliphatic heterocycles. The molecule has 0 fully saturated rings. The van der Waals surface area contributed by atoms with Gasteiger partial charge in [0.1, 0.15) is 11.6 Å². The van der Waals surface area contributed by atoms with Gasteiger partial charge in [-0.05, 0) is 75.3 Å². The molecule has 0 amide bonds. The van der Waals surface area contributed by atoms with Gasteiger partial charge < -0.3 is 0 Å². The molecule has 0 saturated heterocycles. The van der Waals surface area contributed by atoms with Crippen LogP contribution in [0.1, 0.15) is 36.4 Å². The number of rotatable bonds is 8. The number of pyridine rings is 1. The zero-order valence-electron chi connectivity index (χ0n) is 33.0. The molecule has 10 rings (SSSR count). The van der Waals surface area contributed by atoms with Crippen molar-refractivity contribution in [3.63, 3.8) is 0 Å². The number of aromatic nitrogens is 4. The number of hydrogen-bond acceptors (Lipinski definition) is 5. The van der Waals surface area contributed by atoms with Crippen molar-refractivity contribution < 1.29 is 0 Å². The Balaban J connectivity index is 1.20. The summed E-state index contributed by atoms with van der Waals surface area (Å²) in [5.41, 5.74) is 14.1. The predicted molar refractivity (Wildman–Crippen MR) is 241 cm³/mol. The first kappa shape index (κ1) is 35.9. The van der Waals surface area contributed by atoms with Crippen LogP contribution in [0.15, 0.2) is 200 Å². The van der Waals surface area contributed by atoms with Gasteiger partial charge in [-0.25, -0.2) is 19.9 Å². The van der Waals surface area contributed by atoms with E-state index in [1.54, 1.807) is 0 Å². The average Bonchev–Trinajstić information content (AvgIpc) is 3.30. The zero-order chi connectivity index (χ0) is 39.8. The maximum atomic E-state index is 5.44. The number of benzene rings is 7. The van der Waals surface area contributed by atoms with Crippen LogP contribution in [-0.2, 0) is 11.8 Å². The lowest BCUT2D eigenvalue weighted by Crippen LogP contribution is -2.31. The summed E-state index contributed by atoms with van der Waals surface area (Å²) in [5, 5.41) is 0. The molecule has 0 N–H and O–H groups in total. The average molecular weight is 760 g/mol. The Morgan fingerprint density at radius 2 is 0.814 bits per heavy atom. The van der Waals surface area contributed by atoms with E-state index >= 15 is 0 Å². The van der Waals surface area contributed by atoms with Crippen LogP contribution in [0.4, 0.5) is 17.2 Å². The van der Waals surface area contributed by atoms with Gasteiger partial charge in [0.2, 0.25) is 0 Å². The minimum absolute atomic E-state index is 0.209. The minimum atomic E-state index is -0.209. The van der Waals surface area contributed by atoms with Crippen molar-refractivity contribution in [2.75, 3.05) is 4.90 Å². The second-order valence-corrected chi connectivity index (χ2v) is 15.5. The van der Waals surface area contributed by atoms with Gasteiger partial charge >= 0.3 is 0 Å². The van der Waals surface area contributed by atoms with Crippen LogP contribution >= 0.6 is 0 Å². The molecular formula is C54H41N5. The summed E-state index contributed by atoms with van der Waals surface area (Å²) >= 11 is 0. The van der Waals surface area contributed by atoms with E-state index in [2.05, 4.69) is 176 Å². The monoisotopic (exact) mass is 759 g/mol. The molecule has 0 saturated carbocycles. The number of fused-ring (bicyclic) bond motifs is 2. The van der Waals surface area contributed by atoms with E-state index in [4.69, 9.17) is 19.9 Å². The molecule has 0 bridgehead atoms. The van der Waals surface area contributed by atoms with Crippen LogP contribution in [0.5, 0.6) is 0 Å². The molecule has 5 heteroatoms. The summed E-state index contributed by atoms with van der Waals surface area (Å²) in [5.74, 6) is 2.78. The van der Waals surface area contributed by atoms with E-state index in [1.807, 2.05) is 42.6 Å². The number of anilines is 3. The van der Waals surface area contributed by atoms with Crippen molar-refractivity contribution in [1.82, 2.24) is 19.9 Å². The van der Waals surface area contributed by atoms with Crippen molar-refractivity contribution >= 4 is 17.2 Å². The van der Waals surface area contributed by atoms with Crippen LogP contribution in [-0.4, -0.2) is 19.9 Å². The molecule has 0 atom stereocenters. The largest absolute Gasteiger partial charge is 0.294 e. The van der Waals surface area contributed by atoms with Gasteiger partial charge in [-0.1, -0.05) is 172 Å². The summed E-state index contributed by atoms with van der Waals surface area (Å²) in [6.07, 6.45) is 2.45. The molecule has 0 aliphatic carbocycles. The van der Waals surface area contributed by atoms with E-state index in [0.29, 0.717) is 23.9 Å². The number of hydrogen-bond donors (Lipinski definition) is 0. The molecule has 1 aliphatic rings. The third-order valence-corrected chi connectivity index (χ3v) is 11.4. The van der Waals surface area contributed by atoms with Gasteiger partial charge in [0.05, 0.1) is 11.4 Å². The third-order valence-electron chi connectivity index (χ3n) is 11.4. The van der Waals surface area contributed by atoms with Gasteiger partial charge in [-0.3, -0.25) is 4.90 Å². The molecule has 0 unspecified atom stereocenters. The van der Waals surface area contributed by atoms with E-state index in [1.165, 1.54) is 11.1 Å². The van der Waals surface area contributed by atoms with Crippen LogP contribution in [0.3, 0.4) is 0 Å². The van der Waals surface area contributed by atoms with Gasteiger partial charge in [0.25, 0.3) is 0 Å². The van der Waals surface area contributed by atoms with E-state index in [-0.39, 0.29) is 5.41 Å². The lowest BCUT2D eigenvalue weighted by atomic mass is 9.73. The molecule has 3 heterocycles. The maximum Gasteiger partial charge on any atom is 0.163 e. The smallest absolute Gasteiger partial charge is 0.163 e. The van der Waals surface area contributed by atoms with Crippen molar-refractivity contribution in [2.45, 2.75) is 25.7 Å². The molecule has 5 nitrogen and oxygen atoms in total. The quantitative estimate of drug-likeness (QED) is 0.154. The lowest BCUT2D eigenvalue weighted by molar-refractivity contribution is 0.631. The molecule has 0 spiro atoms. The van der Waals surface area contributed by atoms with E-state index in [0.717, 1.165) is 67.3 Å².